The summed E-state index contributed by atoms with van der Waals surface area (Å²) < 4.78 is 7.41. The third-order valence-corrected chi connectivity index (χ3v) is 5.66. The van der Waals surface area contributed by atoms with E-state index in [1.807, 2.05) is 16.9 Å². The second kappa shape index (κ2) is 8.19. The van der Waals surface area contributed by atoms with Gasteiger partial charge in [-0.1, -0.05) is 0 Å². The summed E-state index contributed by atoms with van der Waals surface area (Å²) in [7, 11) is 0. The highest BCUT2D eigenvalue weighted by Gasteiger charge is 2.31. The Morgan fingerprint density at radius 3 is 2.96 bits per heavy atom. The molecular formula is C18H31N5O2. The molecule has 0 bridgehead atoms. The highest BCUT2D eigenvalue weighted by Crippen LogP contribution is 2.33. The van der Waals surface area contributed by atoms with E-state index in [4.69, 9.17) is 4.74 Å². The molecular weight excluding hydrogens is 318 g/mol. The van der Waals surface area contributed by atoms with E-state index in [0.29, 0.717) is 37.0 Å². The fraction of sp³-hybridized carbons (Fsp3) is 0.778. The van der Waals surface area contributed by atoms with Crippen LogP contribution in [0.25, 0.3) is 0 Å². The van der Waals surface area contributed by atoms with Crippen molar-refractivity contribution in [3.05, 3.63) is 12.3 Å². The number of rotatable bonds is 6. The smallest absolute Gasteiger partial charge is 0.220 e. The quantitative estimate of drug-likeness (QED) is 0.814. The number of hydrogen-bond donors (Lipinski definition) is 2. The summed E-state index contributed by atoms with van der Waals surface area (Å²) in [5, 5.41) is 11.0. The van der Waals surface area contributed by atoms with Crippen LogP contribution in [0.4, 0.5) is 5.82 Å². The van der Waals surface area contributed by atoms with Crippen LogP contribution in [0.5, 0.6) is 0 Å². The van der Waals surface area contributed by atoms with Crippen LogP contribution < -0.4 is 10.6 Å². The Morgan fingerprint density at radius 2 is 2.20 bits per heavy atom. The topological polar surface area (TPSA) is 71.4 Å². The monoisotopic (exact) mass is 349 g/mol. The van der Waals surface area contributed by atoms with Crippen molar-refractivity contribution in [3.63, 3.8) is 0 Å². The molecule has 0 aromatic carbocycles. The summed E-state index contributed by atoms with van der Waals surface area (Å²) >= 11 is 0. The van der Waals surface area contributed by atoms with Gasteiger partial charge in [-0.25, -0.2) is 4.68 Å². The van der Waals surface area contributed by atoms with Gasteiger partial charge in [0.25, 0.3) is 0 Å². The van der Waals surface area contributed by atoms with E-state index in [1.165, 1.54) is 0 Å². The minimum Gasteiger partial charge on any atom is -0.379 e. The van der Waals surface area contributed by atoms with Crippen LogP contribution in [-0.2, 0) is 9.53 Å². The molecule has 7 heteroatoms. The van der Waals surface area contributed by atoms with E-state index < -0.39 is 0 Å². The van der Waals surface area contributed by atoms with Crippen molar-refractivity contribution >= 4 is 11.7 Å². The lowest BCUT2D eigenvalue weighted by atomic mass is 9.87. The van der Waals surface area contributed by atoms with Crippen LogP contribution in [0.3, 0.4) is 0 Å². The standard InChI is InChI=1S/C18H31N5O2/c1-13(22-8-10-25-11-9-22)12-19-18(24)5-4-16-14(2)21-17-6-7-20-23(17)15(16)3/h6-7,13-16,21H,4-5,8-12H2,1-3H3,(H,19,24). The van der Waals surface area contributed by atoms with Crippen molar-refractivity contribution in [2.45, 2.75) is 51.7 Å². The summed E-state index contributed by atoms with van der Waals surface area (Å²) in [4.78, 5) is 14.7. The summed E-state index contributed by atoms with van der Waals surface area (Å²) in [5.41, 5.74) is 0. The number of carbonyl (C=O) groups excluding carboxylic acids is 1. The van der Waals surface area contributed by atoms with E-state index in [9.17, 15) is 4.79 Å². The third-order valence-electron chi connectivity index (χ3n) is 5.66. The molecule has 0 radical (unpaired) electrons. The van der Waals surface area contributed by atoms with Gasteiger partial charge in [0.2, 0.25) is 5.91 Å². The van der Waals surface area contributed by atoms with Gasteiger partial charge in [-0.2, -0.15) is 5.10 Å². The van der Waals surface area contributed by atoms with Gasteiger partial charge in [-0.15, -0.1) is 0 Å². The van der Waals surface area contributed by atoms with E-state index >= 15 is 0 Å². The summed E-state index contributed by atoms with van der Waals surface area (Å²) in [6, 6.07) is 3.01. The Hall–Kier alpha value is -1.60. The second-order valence-electron chi connectivity index (χ2n) is 7.34. The first-order valence-corrected chi connectivity index (χ1v) is 9.45. The Kier molecular flexibility index (Phi) is 5.96. The lowest BCUT2D eigenvalue weighted by Gasteiger charge is -2.36. The number of ether oxygens (including phenoxy) is 1. The van der Waals surface area contributed by atoms with Crippen molar-refractivity contribution in [1.29, 1.82) is 0 Å². The lowest BCUT2D eigenvalue weighted by molar-refractivity contribution is -0.121. The molecule has 140 valence electrons. The molecule has 0 aliphatic carbocycles. The first-order chi connectivity index (χ1) is 12.1. The molecule has 4 unspecified atom stereocenters. The molecule has 7 nitrogen and oxygen atoms in total. The zero-order valence-corrected chi connectivity index (χ0v) is 15.6. The molecule has 1 aromatic heterocycles. The van der Waals surface area contributed by atoms with Crippen molar-refractivity contribution in [1.82, 2.24) is 20.0 Å². The van der Waals surface area contributed by atoms with Gasteiger partial charge in [-0.3, -0.25) is 9.69 Å². The van der Waals surface area contributed by atoms with Crippen LogP contribution in [0.2, 0.25) is 0 Å². The van der Waals surface area contributed by atoms with Gasteiger partial charge >= 0.3 is 0 Å². The van der Waals surface area contributed by atoms with Crippen LogP contribution >= 0.6 is 0 Å². The maximum atomic E-state index is 12.3. The van der Waals surface area contributed by atoms with Crippen molar-refractivity contribution in [2.24, 2.45) is 5.92 Å². The Morgan fingerprint density at radius 1 is 1.44 bits per heavy atom. The van der Waals surface area contributed by atoms with Gasteiger partial charge in [0.15, 0.2) is 0 Å². The Balaban J connectivity index is 1.43. The number of fused-ring (bicyclic) bond motifs is 1. The molecule has 25 heavy (non-hydrogen) atoms. The first kappa shape index (κ1) is 18.2. The van der Waals surface area contributed by atoms with Crippen LogP contribution in [-0.4, -0.2) is 65.5 Å². The lowest BCUT2D eigenvalue weighted by Crippen LogP contribution is -2.47. The van der Waals surface area contributed by atoms with E-state index in [2.05, 4.69) is 41.4 Å². The van der Waals surface area contributed by atoms with Gasteiger partial charge in [0, 0.05) is 50.1 Å². The van der Waals surface area contributed by atoms with Crippen LogP contribution in [0, 0.1) is 5.92 Å². The van der Waals surface area contributed by atoms with Crippen molar-refractivity contribution < 1.29 is 9.53 Å². The molecule has 0 saturated carbocycles. The molecule has 3 rings (SSSR count). The number of morpholine rings is 1. The normalized spacial score (nSPS) is 28.0. The second-order valence-corrected chi connectivity index (χ2v) is 7.34. The molecule has 2 N–H and O–H groups in total. The molecule has 4 atom stereocenters. The van der Waals surface area contributed by atoms with Crippen molar-refractivity contribution in [3.8, 4) is 0 Å². The SMILES string of the molecule is CC1Nc2ccnn2C(C)C1CCC(=O)NCC(C)N1CCOCC1. The number of nitrogens with zero attached hydrogens (tertiary/aromatic N) is 3. The molecule has 3 heterocycles. The largest absolute Gasteiger partial charge is 0.379 e. The fourth-order valence-corrected chi connectivity index (χ4v) is 3.98. The van der Waals surface area contributed by atoms with Gasteiger partial charge in [0.1, 0.15) is 5.82 Å². The zero-order chi connectivity index (χ0) is 17.8. The first-order valence-electron chi connectivity index (χ1n) is 9.45. The number of carbonyl (C=O) groups is 1. The average molecular weight is 349 g/mol. The summed E-state index contributed by atoms with van der Waals surface area (Å²) in [6.45, 7) is 10.7. The van der Waals surface area contributed by atoms with Gasteiger partial charge in [0.05, 0.1) is 25.5 Å². The number of hydrogen-bond acceptors (Lipinski definition) is 5. The number of aromatic nitrogens is 2. The highest BCUT2D eigenvalue weighted by molar-refractivity contribution is 5.75. The molecule has 1 aromatic rings. The van der Waals surface area contributed by atoms with E-state index in [0.717, 1.165) is 38.5 Å². The molecule has 2 aliphatic heterocycles. The molecule has 1 amide bonds. The predicted octanol–water partition coefficient (Wildman–Crippen LogP) is 1.49. The zero-order valence-electron chi connectivity index (χ0n) is 15.6. The minimum atomic E-state index is 0.144. The molecule has 1 saturated heterocycles. The maximum absolute atomic E-state index is 12.3. The van der Waals surface area contributed by atoms with Crippen molar-refractivity contribution in [2.75, 3.05) is 38.2 Å². The number of anilines is 1. The number of amides is 1. The Labute approximate surface area is 150 Å². The van der Waals surface area contributed by atoms with E-state index in [-0.39, 0.29) is 5.91 Å². The summed E-state index contributed by atoms with van der Waals surface area (Å²) in [6.07, 6.45) is 3.26. The molecule has 1 fully saturated rings. The average Bonchev–Trinajstić information content (AvgIpc) is 3.08. The Bertz CT molecular complexity index is 570. The minimum absolute atomic E-state index is 0.144. The number of nitrogens with one attached hydrogen (secondary N) is 2. The highest BCUT2D eigenvalue weighted by atomic mass is 16.5. The van der Waals surface area contributed by atoms with Gasteiger partial charge < -0.3 is 15.4 Å². The third kappa shape index (κ3) is 4.33. The molecule has 0 spiro atoms. The van der Waals surface area contributed by atoms with E-state index in [1.54, 1.807) is 0 Å². The predicted molar refractivity (Wildman–Crippen MR) is 97.6 cm³/mol. The van der Waals surface area contributed by atoms with Crippen LogP contribution in [0.15, 0.2) is 12.3 Å². The molecule has 2 aliphatic rings. The van der Waals surface area contributed by atoms with Gasteiger partial charge in [-0.05, 0) is 27.2 Å². The van der Waals surface area contributed by atoms with Crippen LogP contribution in [0.1, 0.15) is 39.7 Å². The fourth-order valence-electron chi connectivity index (χ4n) is 3.98. The maximum Gasteiger partial charge on any atom is 0.220 e. The summed E-state index contributed by atoms with van der Waals surface area (Å²) in [5.74, 6) is 1.61.